The molecule has 1 atom stereocenters. The normalized spacial score (nSPS) is 11.9. The Labute approximate surface area is 89.4 Å². The minimum atomic E-state index is -0.369. The van der Waals surface area contributed by atoms with E-state index in [2.05, 4.69) is 5.32 Å². The molecule has 1 aromatic carbocycles. The second-order valence-corrected chi connectivity index (χ2v) is 3.24. The van der Waals surface area contributed by atoms with Crippen molar-refractivity contribution in [2.45, 2.75) is 19.9 Å². The van der Waals surface area contributed by atoms with Gasteiger partial charge in [-0.2, -0.15) is 0 Å². The van der Waals surface area contributed by atoms with E-state index in [0.717, 1.165) is 5.69 Å². The lowest BCUT2D eigenvalue weighted by molar-refractivity contribution is -0.143. The highest BCUT2D eigenvalue weighted by atomic mass is 16.5. The van der Waals surface area contributed by atoms with Crippen LogP contribution in [-0.4, -0.2) is 18.6 Å². The first-order chi connectivity index (χ1) is 7.13. The lowest BCUT2D eigenvalue weighted by atomic mass is 10.2. The second-order valence-electron chi connectivity index (χ2n) is 3.24. The average Bonchev–Trinajstić information content (AvgIpc) is 2.18. The Morgan fingerprint density at radius 1 is 1.60 bits per heavy atom. The second kappa shape index (κ2) is 5.24. The zero-order chi connectivity index (χ0) is 11.3. The fraction of sp³-hybridized carbons (Fsp3) is 0.364. The molecule has 82 valence electrons. The van der Waals surface area contributed by atoms with E-state index >= 15 is 0 Å². The third kappa shape index (κ3) is 3.50. The highest BCUT2D eigenvalue weighted by molar-refractivity contribution is 5.79. The van der Waals surface area contributed by atoms with Gasteiger partial charge in [0.1, 0.15) is 6.04 Å². The number of nitrogens with one attached hydrogen (secondary N) is 1. The number of benzene rings is 1. The summed E-state index contributed by atoms with van der Waals surface area (Å²) >= 11 is 0. The zero-order valence-corrected chi connectivity index (χ0v) is 8.99. The number of esters is 1. The average molecular weight is 208 g/mol. The standard InChI is InChI=1S/C11H16N2O2/c1-3-15-11(14)8(2)13-10-6-4-5-9(12)7-10/h4-8,13H,3,12H2,1-2H3. The van der Waals surface area contributed by atoms with Crippen molar-refractivity contribution >= 4 is 17.3 Å². The van der Waals surface area contributed by atoms with Crippen LogP contribution >= 0.6 is 0 Å². The van der Waals surface area contributed by atoms with Crippen molar-refractivity contribution < 1.29 is 9.53 Å². The maximum atomic E-state index is 11.3. The van der Waals surface area contributed by atoms with Gasteiger partial charge in [0.25, 0.3) is 0 Å². The number of hydrogen-bond acceptors (Lipinski definition) is 4. The zero-order valence-electron chi connectivity index (χ0n) is 8.99. The predicted octanol–water partition coefficient (Wildman–Crippen LogP) is 1.63. The molecule has 0 radical (unpaired) electrons. The maximum Gasteiger partial charge on any atom is 0.328 e. The molecule has 4 nitrogen and oxygen atoms in total. The van der Waals surface area contributed by atoms with E-state index in [0.29, 0.717) is 12.3 Å². The first-order valence-corrected chi connectivity index (χ1v) is 4.92. The summed E-state index contributed by atoms with van der Waals surface area (Å²) in [5.41, 5.74) is 7.09. The molecule has 0 amide bonds. The summed E-state index contributed by atoms with van der Waals surface area (Å²) in [4.78, 5) is 11.3. The summed E-state index contributed by atoms with van der Waals surface area (Å²) in [6.45, 7) is 3.92. The predicted molar refractivity (Wildman–Crippen MR) is 60.6 cm³/mol. The smallest absolute Gasteiger partial charge is 0.328 e. The molecule has 0 aliphatic heterocycles. The number of anilines is 2. The van der Waals surface area contributed by atoms with Crippen molar-refractivity contribution in [2.24, 2.45) is 0 Å². The van der Waals surface area contributed by atoms with Crippen LogP contribution < -0.4 is 11.1 Å². The Morgan fingerprint density at radius 2 is 2.33 bits per heavy atom. The Kier molecular flexibility index (Phi) is 3.97. The molecule has 0 aliphatic rings. The molecule has 1 unspecified atom stereocenters. The lowest BCUT2D eigenvalue weighted by Gasteiger charge is -2.13. The van der Waals surface area contributed by atoms with Gasteiger partial charge in [0, 0.05) is 11.4 Å². The Bertz CT molecular complexity index is 339. The molecule has 1 rings (SSSR count). The Hall–Kier alpha value is -1.71. The summed E-state index contributed by atoms with van der Waals surface area (Å²) in [6, 6.07) is 6.88. The molecule has 0 aromatic heterocycles. The molecule has 0 heterocycles. The molecule has 0 saturated carbocycles. The highest BCUT2D eigenvalue weighted by Crippen LogP contribution is 2.13. The van der Waals surface area contributed by atoms with Crippen LogP contribution in [0, 0.1) is 0 Å². The molecule has 0 spiro atoms. The maximum absolute atomic E-state index is 11.3. The van der Waals surface area contributed by atoms with Gasteiger partial charge in [-0.15, -0.1) is 0 Å². The summed E-state index contributed by atoms with van der Waals surface area (Å²) in [5, 5.41) is 3.01. The van der Waals surface area contributed by atoms with Gasteiger partial charge < -0.3 is 15.8 Å². The molecule has 15 heavy (non-hydrogen) atoms. The third-order valence-corrected chi connectivity index (χ3v) is 1.91. The quantitative estimate of drug-likeness (QED) is 0.583. The number of nitrogen functional groups attached to an aromatic ring is 1. The topological polar surface area (TPSA) is 64.3 Å². The minimum absolute atomic E-state index is 0.264. The van der Waals surface area contributed by atoms with Crippen molar-refractivity contribution in [3.05, 3.63) is 24.3 Å². The number of carbonyl (C=O) groups excluding carboxylic acids is 1. The monoisotopic (exact) mass is 208 g/mol. The molecule has 1 aromatic rings. The first-order valence-electron chi connectivity index (χ1n) is 4.92. The van der Waals surface area contributed by atoms with E-state index in [1.54, 1.807) is 26.0 Å². The van der Waals surface area contributed by atoms with Crippen LogP contribution in [0.2, 0.25) is 0 Å². The fourth-order valence-corrected chi connectivity index (χ4v) is 1.20. The number of carbonyl (C=O) groups is 1. The third-order valence-electron chi connectivity index (χ3n) is 1.91. The molecule has 0 fully saturated rings. The van der Waals surface area contributed by atoms with Gasteiger partial charge in [0.15, 0.2) is 0 Å². The fourth-order valence-electron chi connectivity index (χ4n) is 1.20. The van der Waals surface area contributed by atoms with E-state index in [-0.39, 0.29) is 12.0 Å². The number of ether oxygens (including phenoxy) is 1. The van der Waals surface area contributed by atoms with Gasteiger partial charge in [0.05, 0.1) is 6.61 Å². The molecule has 0 aliphatic carbocycles. The van der Waals surface area contributed by atoms with E-state index in [1.165, 1.54) is 0 Å². The Balaban J connectivity index is 2.58. The molecule has 0 bridgehead atoms. The molecule has 3 N–H and O–H groups in total. The van der Waals surface area contributed by atoms with Crippen LogP contribution in [0.15, 0.2) is 24.3 Å². The summed E-state index contributed by atoms with van der Waals surface area (Å²) in [7, 11) is 0. The summed E-state index contributed by atoms with van der Waals surface area (Å²) in [5.74, 6) is -0.264. The molecular weight excluding hydrogens is 192 g/mol. The molecule has 0 saturated heterocycles. The summed E-state index contributed by atoms with van der Waals surface area (Å²) < 4.78 is 4.87. The van der Waals surface area contributed by atoms with E-state index in [9.17, 15) is 4.79 Å². The highest BCUT2D eigenvalue weighted by Gasteiger charge is 2.12. The largest absolute Gasteiger partial charge is 0.464 e. The SMILES string of the molecule is CCOC(=O)C(C)Nc1cccc(N)c1. The van der Waals surface area contributed by atoms with E-state index < -0.39 is 0 Å². The molecule has 4 heteroatoms. The van der Waals surface area contributed by atoms with Gasteiger partial charge in [-0.25, -0.2) is 4.79 Å². The summed E-state index contributed by atoms with van der Waals surface area (Å²) in [6.07, 6.45) is 0. The van der Waals surface area contributed by atoms with Crippen LogP contribution in [0.4, 0.5) is 11.4 Å². The molecular formula is C11H16N2O2. The number of hydrogen-bond donors (Lipinski definition) is 2. The minimum Gasteiger partial charge on any atom is -0.464 e. The van der Waals surface area contributed by atoms with Gasteiger partial charge in [-0.3, -0.25) is 0 Å². The first kappa shape index (κ1) is 11.4. The van der Waals surface area contributed by atoms with Crippen LogP contribution in [0.1, 0.15) is 13.8 Å². The van der Waals surface area contributed by atoms with Crippen molar-refractivity contribution in [1.82, 2.24) is 0 Å². The van der Waals surface area contributed by atoms with E-state index in [4.69, 9.17) is 10.5 Å². The lowest BCUT2D eigenvalue weighted by Crippen LogP contribution is -2.28. The van der Waals surface area contributed by atoms with Crippen LogP contribution in [-0.2, 0) is 9.53 Å². The Morgan fingerprint density at radius 3 is 2.93 bits per heavy atom. The van der Waals surface area contributed by atoms with E-state index in [1.807, 2.05) is 12.1 Å². The van der Waals surface area contributed by atoms with Crippen LogP contribution in [0.25, 0.3) is 0 Å². The van der Waals surface area contributed by atoms with Gasteiger partial charge in [-0.1, -0.05) is 6.07 Å². The van der Waals surface area contributed by atoms with Gasteiger partial charge in [-0.05, 0) is 32.0 Å². The van der Waals surface area contributed by atoms with Crippen molar-refractivity contribution in [2.75, 3.05) is 17.7 Å². The van der Waals surface area contributed by atoms with Gasteiger partial charge in [0.2, 0.25) is 0 Å². The van der Waals surface area contributed by atoms with Gasteiger partial charge >= 0.3 is 5.97 Å². The van der Waals surface area contributed by atoms with Crippen molar-refractivity contribution in [3.63, 3.8) is 0 Å². The number of nitrogens with two attached hydrogens (primary N) is 1. The number of rotatable bonds is 4. The van der Waals surface area contributed by atoms with Crippen LogP contribution in [0.5, 0.6) is 0 Å². The van der Waals surface area contributed by atoms with Crippen molar-refractivity contribution in [1.29, 1.82) is 0 Å². The van der Waals surface area contributed by atoms with Crippen LogP contribution in [0.3, 0.4) is 0 Å². The van der Waals surface area contributed by atoms with Crippen molar-refractivity contribution in [3.8, 4) is 0 Å².